The Bertz CT molecular complexity index is 1210. The van der Waals surface area contributed by atoms with Crippen LogP contribution in [0.4, 0.5) is 13.2 Å². The first-order chi connectivity index (χ1) is 15.2. The molecule has 0 radical (unpaired) electrons. The lowest BCUT2D eigenvalue weighted by atomic mass is 10.2. The number of aromatic nitrogens is 2. The molecule has 168 valence electrons. The minimum atomic E-state index is -4.95. The van der Waals surface area contributed by atoms with E-state index in [1.54, 1.807) is 18.2 Å². The smallest absolute Gasteiger partial charge is 0.438 e. The summed E-state index contributed by atoms with van der Waals surface area (Å²) in [6, 6.07) is 7.82. The highest BCUT2D eigenvalue weighted by Gasteiger charge is 2.39. The van der Waals surface area contributed by atoms with Crippen molar-refractivity contribution in [2.24, 2.45) is 0 Å². The Hall–Kier alpha value is -3.63. The van der Waals surface area contributed by atoms with Crippen LogP contribution in [0, 0.1) is 0 Å². The van der Waals surface area contributed by atoms with Crippen LogP contribution in [0.15, 0.2) is 51.9 Å². The molecule has 1 aromatic carbocycles. The van der Waals surface area contributed by atoms with E-state index in [2.05, 4.69) is 4.98 Å². The van der Waals surface area contributed by atoms with Crippen LogP contribution in [-0.4, -0.2) is 57.3 Å². The van der Waals surface area contributed by atoms with Crippen LogP contribution in [0.5, 0.6) is 0 Å². The van der Waals surface area contributed by atoms with E-state index in [1.165, 1.54) is 41.2 Å². The number of carbonyl (C=O) groups is 2. The molecule has 32 heavy (non-hydrogen) atoms. The summed E-state index contributed by atoms with van der Waals surface area (Å²) in [5.41, 5.74) is -2.83. The molecule has 4 rings (SSSR count). The second-order valence-electron chi connectivity index (χ2n) is 7.39. The zero-order valence-corrected chi connectivity index (χ0v) is 17.0. The molecule has 1 fully saturated rings. The molecule has 1 saturated heterocycles. The van der Waals surface area contributed by atoms with Crippen molar-refractivity contribution in [3.8, 4) is 0 Å². The zero-order chi connectivity index (χ0) is 23.0. The number of fused-ring (bicyclic) bond motifs is 1. The van der Waals surface area contributed by atoms with E-state index in [9.17, 15) is 27.6 Å². The van der Waals surface area contributed by atoms with Gasteiger partial charge in [0.2, 0.25) is 11.6 Å². The normalized spacial score (nSPS) is 15.8. The Morgan fingerprint density at radius 3 is 2.31 bits per heavy atom. The molecule has 11 heteroatoms. The van der Waals surface area contributed by atoms with Crippen molar-refractivity contribution in [2.45, 2.75) is 19.1 Å². The van der Waals surface area contributed by atoms with Gasteiger partial charge in [0.1, 0.15) is 6.04 Å². The quantitative estimate of drug-likeness (QED) is 0.615. The monoisotopic (exact) mass is 448 g/mol. The number of piperazine rings is 1. The van der Waals surface area contributed by atoms with Crippen LogP contribution >= 0.6 is 0 Å². The number of carbonyl (C=O) groups excluding carboxylic acids is 2. The molecule has 2 aromatic heterocycles. The Labute approximate surface area is 179 Å². The summed E-state index contributed by atoms with van der Waals surface area (Å²) in [5, 5.41) is 0. The van der Waals surface area contributed by atoms with E-state index >= 15 is 0 Å². The van der Waals surface area contributed by atoms with Gasteiger partial charge in [0.05, 0.1) is 17.3 Å². The molecule has 1 aliphatic heterocycles. The Kier molecular flexibility index (Phi) is 5.49. The zero-order valence-electron chi connectivity index (χ0n) is 17.0. The molecule has 0 bridgehead atoms. The average Bonchev–Trinajstić information content (AvgIpc) is 3.31. The fraction of sp³-hybridized carbons (Fsp3) is 0.333. The summed E-state index contributed by atoms with van der Waals surface area (Å²) in [4.78, 5) is 44.6. The lowest BCUT2D eigenvalue weighted by Crippen LogP contribution is -2.52. The average molecular weight is 448 g/mol. The molecule has 0 N–H and O–H groups in total. The van der Waals surface area contributed by atoms with Gasteiger partial charge in [0.15, 0.2) is 5.76 Å². The fourth-order valence-electron chi connectivity index (χ4n) is 3.78. The summed E-state index contributed by atoms with van der Waals surface area (Å²) in [7, 11) is 0. The van der Waals surface area contributed by atoms with Crippen LogP contribution in [0.1, 0.15) is 29.2 Å². The van der Waals surface area contributed by atoms with Gasteiger partial charge in [0, 0.05) is 26.2 Å². The van der Waals surface area contributed by atoms with Crippen LogP contribution in [-0.2, 0) is 11.0 Å². The largest absolute Gasteiger partial charge is 0.459 e. The van der Waals surface area contributed by atoms with Crippen LogP contribution < -0.4 is 5.56 Å². The SMILES string of the molecule is C[C@H](C(=O)N1CCN(C(=O)c2ccco2)CC1)n1c(=O)c(C(F)(F)F)nc2ccccc21. The number of nitrogens with zero attached hydrogens (tertiary/aromatic N) is 4. The summed E-state index contributed by atoms with van der Waals surface area (Å²) >= 11 is 0. The highest BCUT2D eigenvalue weighted by atomic mass is 19.4. The van der Waals surface area contributed by atoms with Gasteiger partial charge in [-0.15, -0.1) is 0 Å². The molecule has 2 amide bonds. The minimum absolute atomic E-state index is 0.0343. The maximum absolute atomic E-state index is 13.4. The third-order valence-electron chi connectivity index (χ3n) is 5.42. The van der Waals surface area contributed by atoms with Crippen LogP contribution in [0.3, 0.4) is 0 Å². The molecule has 0 saturated carbocycles. The molecule has 0 spiro atoms. The van der Waals surface area contributed by atoms with Gasteiger partial charge in [-0.1, -0.05) is 12.1 Å². The van der Waals surface area contributed by atoms with Crippen LogP contribution in [0.2, 0.25) is 0 Å². The van der Waals surface area contributed by atoms with Crippen molar-refractivity contribution in [1.82, 2.24) is 19.4 Å². The molecule has 8 nitrogen and oxygen atoms in total. The standard InChI is InChI=1S/C21H19F3N4O4/c1-13(18(29)26-8-10-27(11-9-26)19(30)16-7-4-12-32-16)28-15-6-3-2-5-14(15)25-17(20(28)31)21(22,23)24/h2-7,12-13H,8-11H2,1H3/t13-/m1/s1. The predicted molar refractivity (Wildman–Crippen MR) is 107 cm³/mol. The van der Waals surface area contributed by atoms with Crippen molar-refractivity contribution < 1.29 is 27.2 Å². The summed E-state index contributed by atoms with van der Waals surface area (Å²) in [6.07, 6.45) is -3.57. The van der Waals surface area contributed by atoms with E-state index in [0.717, 1.165) is 4.57 Å². The van der Waals surface area contributed by atoms with Gasteiger partial charge < -0.3 is 14.2 Å². The summed E-state index contributed by atoms with van der Waals surface area (Å²) in [6.45, 7) is 2.21. The fourth-order valence-corrected chi connectivity index (χ4v) is 3.78. The second-order valence-corrected chi connectivity index (χ2v) is 7.39. The van der Waals surface area contributed by atoms with Crippen molar-refractivity contribution in [1.29, 1.82) is 0 Å². The molecule has 3 aromatic rings. The molecule has 3 heterocycles. The minimum Gasteiger partial charge on any atom is -0.459 e. The second kappa shape index (κ2) is 8.13. The third kappa shape index (κ3) is 3.85. The third-order valence-corrected chi connectivity index (χ3v) is 5.42. The van der Waals surface area contributed by atoms with Crippen molar-refractivity contribution in [3.63, 3.8) is 0 Å². The van der Waals surface area contributed by atoms with Gasteiger partial charge in [-0.05, 0) is 31.2 Å². The van der Waals surface area contributed by atoms with Crippen molar-refractivity contribution in [2.75, 3.05) is 26.2 Å². The Morgan fingerprint density at radius 1 is 1.03 bits per heavy atom. The van der Waals surface area contributed by atoms with E-state index in [1.807, 2.05) is 0 Å². The predicted octanol–water partition coefficient (Wildman–Crippen LogP) is 2.55. The topological polar surface area (TPSA) is 88.7 Å². The molecule has 1 atom stereocenters. The maximum atomic E-state index is 13.4. The van der Waals surface area contributed by atoms with Gasteiger partial charge in [-0.2, -0.15) is 13.2 Å². The van der Waals surface area contributed by atoms with E-state index < -0.39 is 29.4 Å². The van der Waals surface area contributed by atoms with Gasteiger partial charge in [-0.25, -0.2) is 4.98 Å². The van der Waals surface area contributed by atoms with E-state index in [4.69, 9.17) is 4.42 Å². The van der Waals surface area contributed by atoms with Gasteiger partial charge >= 0.3 is 6.18 Å². The number of halogens is 3. The Morgan fingerprint density at radius 2 is 1.69 bits per heavy atom. The number of hydrogen-bond donors (Lipinski definition) is 0. The van der Waals surface area contributed by atoms with Crippen LogP contribution in [0.25, 0.3) is 11.0 Å². The lowest BCUT2D eigenvalue weighted by molar-refractivity contribution is -0.143. The van der Waals surface area contributed by atoms with E-state index in [-0.39, 0.29) is 48.9 Å². The first-order valence-electron chi connectivity index (χ1n) is 9.88. The number of para-hydroxylation sites is 2. The molecular weight excluding hydrogens is 429 g/mol. The lowest BCUT2D eigenvalue weighted by Gasteiger charge is -2.36. The number of alkyl halides is 3. The number of benzene rings is 1. The van der Waals surface area contributed by atoms with Crippen molar-refractivity contribution >= 4 is 22.8 Å². The first kappa shape index (κ1) is 21.6. The molecule has 1 aliphatic rings. The Balaban J connectivity index is 1.59. The summed E-state index contributed by atoms with van der Waals surface area (Å²) in [5.74, 6) is -0.629. The maximum Gasteiger partial charge on any atom is 0.438 e. The van der Waals surface area contributed by atoms with E-state index in [0.29, 0.717) is 0 Å². The highest BCUT2D eigenvalue weighted by Crippen LogP contribution is 2.27. The molecule has 0 aliphatic carbocycles. The highest BCUT2D eigenvalue weighted by molar-refractivity contribution is 5.91. The number of furan rings is 1. The molecule has 0 unspecified atom stereocenters. The number of rotatable bonds is 3. The van der Waals surface area contributed by atoms with Gasteiger partial charge in [-0.3, -0.25) is 19.0 Å². The van der Waals surface area contributed by atoms with Gasteiger partial charge in [0.25, 0.3) is 11.5 Å². The number of hydrogen-bond acceptors (Lipinski definition) is 5. The summed E-state index contributed by atoms with van der Waals surface area (Å²) < 4.78 is 46.1. The molecular formula is C21H19F3N4O4. The first-order valence-corrected chi connectivity index (χ1v) is 9.88. The number of amides is 2. The van der Waals surface area contributed by atoms with Crippen molar-refractivity contribution in [3.05, 3.63) is 64.5 Å².